The maximum atomic E-state index is 12.2. The summed E-state index contributed by atoms with van der Waals surface area (Å²) in [6.45, 7) is -0.0912. The van der Waals surface area contributed by atoms with Crippen LogP contribution in [-0.4, -0.2) is 41.1 Å². The molecular weight excluding hydrogens is 238 g/mol. The van der Waals surface area contributed by atoms with Gasteiger partial charge in [0, 0.05) is 24.3 Å². The molecule has 16 heavy (non-hydrogen) atoms. The highest BCUT2D eigenvalue weighted by atomic mass is 35.5. The van der Waals surface area contributed by atoms with Crippen molar-refractivity contribution in [3.63, 3.8) is 0 Å². The minimum Gasteiger partial charge on any atom is -0.395 e. The molecule has 0 aliphatic rings. The van der Waals surface area contributed by atoms with E-state index in [-0.39, 0.29) is 26.2 Å². The molecule has 0 aliphatic carbocycles. The highest BCUT2D eigenvalue weighted by molar-refractivity contribution is 6.30. The zero-order valence-electron chi connectivity index (χ0n) is 8.61. The zero-order valence-corrected chi connectivity index (χ0v) is 9.37. The molecule has 0 aromatic carbocycles. The van der Waals surface area contributed by atoms with Crippen LogP contribution in [0.5, 0.6) is 0 Å². The van der Waals surface area contributed by atoms with Crippen molar-refractivity contribution in [2.24, 2.45) is 0 Å². The minimum absolute atomic E-state index is 0.159. The van der Waals surface area contributed by atoms with Gasteiger partial charge in [-0.15, -0.1) is 0 Å². The fourth-order valence-electron chi connectivity index (χ4n) is 1.34. The van der Waals surface area contributed by atoms with Gasteiger partial charge in [0.15, 0.2) is 0 Å². The molecule has 0 atom stereocenters. The van der Waals surface area contributed by atoms with E-state index in [0.717, 1.165) is 0 Å². The standard InChI is InChI=1S/C10H13ClF2N2O/c11-8-1-2-14-9(5-8)6-15(3-4-16)7-10(12)13/h1-2,5,10,16H,3-4,6-7H2. The van der Waals surface area contributed by atoms with E-state index >= 15 is 0 Å². The van der Waals surface area contributed by atoms with Gasteiger partial charge in [-0.1, -0.05) is 11.6 Å². The van der Waals surface area contributed by atoms with Crippen LogP contribution in [-0.2, 0) is 6.54 Å². The number of pyridine rings is 1. The van der Waals surface area contributed by atoms with E-state index in [1.54, 1.807) is 12.1 Å². The van der Waals surface area contributed by atoms with Gasteiger partial charge in [0.1, 0.15) is 0 Å². The molecule has 90 valence electrons. The Morgan fingerprint density at radius 1 is 1.50 bits per heavy atom. The second-order valence-corrected chi connectivity index (χ2v) is 3.75. The molecule has 0 aliphatic heterocycles. The second kappa shape index (κ2) is 6.73. The Labute approximate surface area is 97.7 Å². The van der Waals surface area contributed by atoms with Crippen molar-refractivity contribution >= 4 is 11.6 Å². The van der Waals surface area contributed by atoms with E-state index in [9.17, 15) is 8.78 Å². The number of rotatable bonds is 6. The number of aliphatic hydroxyl groups is 1. The fraction of sp³-hybridized carbons (Fsp3) is 0.500. The summed E-state index contributed by atoms with van der Waals surface area (Å²) in [4.78, 5) is 5.45. The third kappa shape index (κ3) is 4.83. The number of aromatic nitrogens is 1. The first kappa shape index (κ1) is 13.3. The molecule has 3 nitrogen and oxygen atoms in total. The maximum absolute atomic E-state index is 12.2. The summed E-state index contributed by atoms with van der Waals surface area (Å²) in [6, 6.07) is 3.24. The first-order valence-corrected chi connectivity index (χ1v) is 5.21. The highest BCUT2D eigenvalue weighted by Gasteiger charge is 2.12. The lowest BCUT2D eigenvalue weighted by molar-refractivity contribution is 0.0740. The predicted octanol–water partition coefficient (Wildman–Crippen LogP) is 1.79. The molecule has 0 saturated carbocycles. The van der Waals surface area contributed by atoms with Crippen LogP contribution in [0.4, 0.5) is 8.78 Å². The van der Waals surface area contributed by atoms with Crippen LogP contribution in [0.15, 0.2) is 18.3 Å². The summed E-state index contributed by atoms with van der Waals surface area (Å²) >= 11 is 5.76. The zero-order chi connectivity index (χ0) is 12.0. The Morgan fingerprint density at radius 3 is 2.81 bits per heavy atom. The summed E-state index contributed by atoms with van der Waals surface area (Å²) in [5, 5.41) is 9.27. The minimum atomic E-state index is -2.43. The number of aliphatic hydroxyl groups excluding tert-OH is 1. The van der Waals surface area contributed by atoms with Gasteiger partial charge < -0.3 is 5.11 Å². The molecule has 0 saturated heterocycles. The van der Waals surface area contributed by atoms with E-state index < -0.39 is 6.43 Å². The predicted molar refractivity (Wildman–Crippen MR) is 57.6 cm³/mol. The van der Waals surface area contributed by atoms with Crippen molar-refractivity contribution in [3.8, 4) is 0 Å². The van der Waals surface area contributed by atoms with E-state index in [0.29, 0.717) is 10.7 Å². The highest BCUT2D eigenvalue weighted by Crippen LogP contribution is 2.10. The second-order valence-electron chi connectivity index (χ2n) is 3.32. The average molecular weight is 251 g/mol. The Balaban J connectivity index is 2.60. The fourth-order valence-corrected chi connectivity index (χ4v) is 1.52. The molecule has 0 unspecified atom stereocenters. The molecule has 6 heteroatoms. The van der Waals surface area contributed by atoms with Crippen LogP contribution in [0, 0.1) is 0 Å². The van der Waals surface area contributed by atoms with Crippen molar-refractivity contribution in [2.45, 2.75) is 13.0 Å². The van der Waals surface area contributed by atoms with Crippen LogP contribution in [0.25, 0.3) is 0 Å². The van der Waals surface area contributed by atoms with Crippen LogP contribution in [0.3, 0.4) is 0 Å². The third-order valence-electron chi connectivity index (χ3n) is 1.98. The van der Waals surface area contributed by atoms with Gasteiger partial charge in [0.05, 0.1) is 18.8 Å². The Kier molecular flexibility index (Phi) is 5.59. The van der Waals surface area contributed by atoms with Crippen molar-refractivity contribution < 1.29 is 13.9 Å². The molecule has 1 aromatic rings. The lowest BCUT2D eigenvalue weighted by Crippen LogP contribution is -2.31. The molecule has 0 fully saturated rings. The summed E-state index contributed by atoms with van der Waals surface area (Å²) in [5.74, 6) is 0. The van der Waals surface area contributed by atoms with Crippen LogP contribution in [0.1, 0.15) is 5.69 Å². The van der Waals surface area contributed by atoms with Crippen molar-refractivity contribution in [2.75, 3.05) is 19.7 Å². The van der Waals surface area contributed by atoms with E-state index in [1.807, 2.05) is 0 Å². The Hall–Kier alpha value is -0.780. The Morgan fingerprint density at radius 2 is 2.25 bits per heavy atom. The first-order valence-electron chi connectivity index (χ1n) is 4.83. The monoisotopic (exact) mass is 250 g/mol. The number of hydrogen-bond acceptors (Lipinski definition) is 3. The van der Waals surface area contributed by atoms with Gasteiger partial charge >= 0.3 is 0 Å². The van der Waals surface area contributed by atoms with Crippen molar-refractivity contribution in [1.82, 2.24) is 9.88 Å². The number of hydrogen-bond donors (Lipinski definition) is 1. The molecule has 1 N–H and O–H groups in total. The van der Waals surface area contributed by atoms with Gasteiger partial charge in [-0.05, 0) is 12.1 Å². The maximum Gasteiger partial charge on any atom is 0.251 e. The van der Waals surface area contributed by atoms with Gasteiger partial charge in [-0.2, -0.15) is 0 Å². The van der Waals surface area contributed by atoms with Gasteiger partial charge in [0.25, 0.3) is 6.43 Å². The Bertz CT molecular complexity index is 325. The summed E-state index contributed by atoms with van der Waals surface area (Å²) in [7, 11) is 0. The van der Waals surface area contributed by atoms with Gasteiger partial charge in [-0.3, -0.25) is 9.88 Å². The molecule has 0 amide bonds. The quantitative estimate of drug-likeness (QED) is 0.836. The summed E-state index contributed by atoms with van der Waals surface area (Å²) in [6.07, 6.45) is -0.900. The topological polar surface area (TPSA) is 36.4 Å². The van der Waals surface area contributed by atoms with Gasteiger partial charge in [0.2, 0.25) is 0 Å². The molecule has 0 radical (unpaired) electrons. The largest absolute Gasteiger partial charge is 0.395 e. The number of alkyl halides is 2. The molecule has 1 rings (SSSR count). The van der Waals surface area contributed by atoms with Gasteiger partial charge in [-0.25, -0.2) is 8.78 Å². The van der Waals surface area contributed by atoms with Crippen molar-refractivity contribution in [3.05, 3.63) is 29.0 Å². The smallest absolute Gasteiger partial charge is 0.251 e. The van der Waals surface area contributed by atoms with E-state index in [2.05, 4.69) is 4.98 Å². The normalized spacial score (nSPS) is 11.4. The summed E-state index contributed by atoms with van der Waals surface area (Å²) < 4.78 is 24.4. The third-order valence-corrected chi connectivity index (χ3v) is 2.21. The summed E-state index contributed by atoms with van der Waals surface area (Å²) in [5.41, 5.74) is 0.613. The first-order chi connectivity index (χ1) is 7.61. The molecule has 0 bridgehead atoms. The van der Waals surface area contributed by atoms with Crippen LogP contribution in [0.2, 0.25) is 5.02 Å². The van der Waals surface area contributed by atoms with Crippen molar-refractivity contribution in [1.29, 1.82) is 0 Å². The molecule has 1 heterocycles. The van der Waals surface area contributed by atoms with Crippen LogP contribution < -0.4 is 0 Å². The van der Waals surface area contributed by atoms with E-state index in [4.69, 9.17) is 16.7 Å². The SMILES string of the molecule is OCCN(Cc1cc(Cl)ccn1)CC(F)F. The lowest BCUT2D eigenvalue weighted by atomic mass is 10.3. The lowest BCUT2D eigenvalue weighted by Gasteiger charge is -2.20. The molecule has 0 spiro atoms. The van der Waals surface area contributed by atoms with Crippen LogP contribution >= 0.6 is 11.6 Å². The molecule has 1 aromatic heterocycles. The number of nitrogens with zero attached hydrogens (tertiary/aromatic N) is 2. The molecular formula is C10H13ClF2N2O. The average Bonchev–Trinajstić information content (AvgIpc) is 2.16. The van der Waals surface area contributed by atoms with E-state index in [1.165, 1.54) is 11.1 Å². The number of halogens is 3.